The van der Waals surface area contributed by atoms with Crippen molar-refractivity contribution >= 4 is 12.3 Å². The normalized spacial score (nSPS) is 26.8. The lowest BCUT2D eigenvalue weighted by atomic mass is 10.3. The summed E-state index contributed by atoms with van der Waals surface area (Å²) in [5, 5.41) is 16.5. The highest BCUT2D eigenvalue weighted by molar-refractivity contribution is 5.57. The van der Waals surface area contributed by atoms with Gasteiger partial charge >= 0.3 is 12.3 Å². The monoisotopic (exact) mass is 190 g/mol. The van der Waals surface area contributed by atoms with Crippen molar-refractivity contribution in [3.63, 3.8) is 0 Å². The topological polar surface area (TPSA) is 93.1 Å². The molecule has 0 amide bonds. The van der Waals surface area contributed by atoms with E-state index in [-0.39, 0.29) is 0 Å². The van der Waals surface area contributed by atoms with E-state index in [1.54, 1.807) is 0 Å². The fraction of sp³-hybridized carbons (Fsp3) is 0.714. The Morgan fingerprint density at radius 2 is 1.38 bits per heavy atom. The third kappa shape index (κ3) is 3.18. The van der Waals surface area contributed by atoms with Gasteiger partial charge in [-0.3, -0.25) is 0 Å². The second kappa shape index (κ2) is 3.97. The molecule has 0 aromatic rings. The van der Waals surface area contributed by atoms with Crippen LogP contribution in [0.3, 0.4) is 0 Å². The van der Waals surface area contributed by atoms with Crippen LogP contribution in [0.4, 0.5) is 9.59 Å². The van der Waals surface area contributed by atoms with Crippen molar-refractivity contribution in [2.45, 2.75) is 31.5 Å². The minimum Gasteiger partial charge on any atom is -0.450 e. The van der Waals surface area contributed by atoms with Gasteiger partial charge in [0.1, 0.15) is 12.2 Å². The van der Waals surface area contributed by atoms with Gasteiger partial charge in [0.2, 0.25) is 0 Å². The Hall–Kier alpha value is -1.46. The smallest absolute Gasteiger partial charge is 0.450 e. The molecular formula is C7H10O6. The zero-order valence-corrected chi connectivity index (χ0v) is 6.80. The highest BCUT2D eigenvalue weighted by Crippen LogP contribution is 2.24. The maximum Gasteiger partial charge on any atom is 0.506 e. The van der Waals surface area contributed by atoms with Crippen LogP contribution in [0.2, 0.25) is 0 Å². The fourth-order valence-corrected chi connectivity index (χ4v) is 1.40. The number of hydrogen-bond donors (Lipinski definition) is 2. The molecule has 0 radical (unpaired) electrons. The molecule has 0 heterocycles. The van der Waals surface area contributed by atoms with E-state index in [2.05, 4.69) is 9.47 Å². The zero-order chi connectivity index (χ0) is 9.84. The molecule has 1 rings (SSSR count). The summed E-state index contributed by atoms with van der Waals surface area (Å²) < 4.78 is 8.93. The number of carboxylic acid groups (broad SMARTS) is 2. The van der Waals surface area contributed by atoms with E-state index in [9.17, 15) is 9.59 Å². The molecule has 0 aliphatic heterocycles. The molecule has 1 aliphatic carbocycles. The van der Waals surface area contributed by atoms with Gasteiger partial charge in [-0.1, -0.05) is 0 Å². The van der Waals surface area contributed by atoms with Crippen molar-refractivity contribution in [3.8, 4) is 0 Å². The molecule has 74 valence electrons. The van der Waals surface area contributed by atoms with E-state index in [1.807, 2.05) is 0 Å². The molecule has 0 spiro atoms. The van der Waals surface area contributed by atoms with Crippen molar-refractivity contribution in [1.29, 1.82) is 0 Å². The van der Waals surface area contributed by atoms with Gasteiger partial charge in [-0.05, 0) is 12.8 Å². The number of rotatable bonds is 2. The average molecular weight is 190 g/mol. The van der Waals surface area contributed by atoms with Gasteiger partial charge in [-0.2, -0.15) is 0 Å². The summed E-state index contributed by atoms with van der Waals surface area (Å²) in [6.45, 7) is 0. The molecular weight excluding hydrogens is 180 g/mol. The van der Waals surface area contributed by atoms with Crippen LogP contribution < -0.4 is 0 Å². The average Bonchev–Trinajstić information content (AvgIpc) is 2.33. The number of hydrogen-bond acceptors (Lipinski definition) is 4. The SMILES string of the molecule is O=C(O)O[C@H]1CC[C@H](OC(=O)O)C1. The Morgan fingerprint density at radius 1 is 1.00 bits per heavy atom. The molecule has 1 aliphatic rings. The molecule has 0 aromatic heterocycles. The lowest BCUT2D eigenvalue weighted by Gasteiger charge is -2.09. The van der Waals surface area contributed by atoms with E-state index < -0.39 is 24.5 Å². The lowest BCUT2D eigenvalue weighted by molar-refractivity contribution is 0.0333. The van der Waals surface area contributed by atoms with Crippen molar-refractivity contribution in [2.24, 2.45) is 0 Å². The molecule has 1 fully saturated rings. The van der Waals surface area contributed by atoms with E-state index in [1.165, 1.54) is 0 Å². The third-order valence-corrected chi connectivity index (χ3v) is 1.87. The van der Waals surface area contributed by atoms with Crippen LogP contribution >= 0.6 is 0 Å². The third-order valence-electron chi connectivity index (χ3n) is 1.87. The predicted octanol–water partition coefficient (Wildman–Crippen LogP) is 1.30. The number of ether oxygens (including phenoxy) is 2. The predicted molar refractivity (Wildman–Crippen MR) is 39.6 cm³/mol. The summed E-state index contributed by atoms with van der Waals surface area (Å²) >= 11 is 0. The largest absolute Gasteiger partial charge is 0.506 e. The van der Waals surface area contributed by atoms with E-state index in [0.717, 1.165) is 0 Å². The fourth-order valence-electron chi connectivity index (χ4n) is 1.40. The minimum atomic E-state index is -1.33. The zero-order valence-electron chi connectivity index (χ0n) is 6.80. The Labute approximate surface area is 74.1 Å². The maximum absolute atomic E-state index is 10.1. The molecule has 1 saturated carbocycles. The summed E-state index contributed by atoms with van der Waals surface area (Å²) in [5.41, 5.74) is 0. The van der Waals surface area contributed by atoms with Crippen LogP contribution in [-0.2, 0) is 9.47 Å². The summed E-state index contributed by atoms with van der Waals surface area (Å²) in [6.07, 6.45) is -2.17. The van der Waals surface area contributed by atoms with Gasteiger partial charge in [-0.15, -0.1) is 0 Å². The Balaban J connectivity index is 2.27. The van der Waals surface area contributed by atoms with Crippen LogP contribution in [-0.4, -0.2) is 34.7 Å². The first-order valence-corrected chi connectivity index (χ1v) is 3.87. The van der Waals surface area contributed by atoms with Crippen LogP contribution in [0.25, 0.3) is 0 Å². The Morgan fingerprint density at radius 3 is 1.69 bits per heavy atom. The molecule has 0 bridgehead atoms. The first kappa shape index (κ1) is 9.63. The van der Waals surface area contributed by atoms with Gasteiger partial charge in [0.25, 0.3) is 0 Å². The lowest BCUT2D eigenvalue weighted by Crippen LogP contribution is -2.17. The van der Waals surface area contributed by atoms with Crippen molar-refractivity contribution in [2.75, 3.05) is 0 Å². The standard InChI is InChI=1S/C7H10O6/c8-6(9)12-4-1-2-5(3-4)13-7(10)11/h4-5H,1-3H2,(H,8,9)(H,10,11)/t4-,5-/m0/s1. The van der Waals surface area contributed by atoms with Gasteiger partial charge < -0.3 is 19.7 Å². The van der Waals surface area contributed by atoms with Crippen LogP contribution in [0.15, 0.2) is 0 Å². The molecule has 2 atom stereocenters. The maximum atomic E-state index is 10.1. The van der Waals surface area contributed by atoms with Crippen molar-refractivity contribution in [3.05, 3.63) is 0 Å². The molecule has 0 aromatic carbocycles. The summed E-state index contributed by atoms with van der Waals surface area (Å²) in [5.74, 6) is 0. The van der Waals surface area contributed by atoms with Gasteiger partial charge in [0, 0.05) is 6.42 Å². The molecule has 2 N–H and O–H groups in total. The Kier molecular flexibility index (Phi) is 2.94. The molecule has 6 heteroatoms. The summed E-state index contributed by atoms with van der Waals surface area (Å²) in [7, 11) is 0. The van der Waals surface area contributed by atoms with Crippen LogP contribution in [0, 0.1) is 0 Å². The highest BCUT2D eigenvalue weighted by Gasteiger charge is 2.29. The van der Waals surface area contributed by atoms with Gasteiger partial charge in [0.15, 0.2) is 0 Å². The number of carbonyl (C=O) groups is 2. The van der Waals surface area contributed by atoms with Crippen molar-refractivity contribution < 1.29 is 29.3 Å². The Bertz CT molecular complexity index is 191. The highest BCUT2D eigenvalue weighted by atomic mass is 16.7. The van der Waals surface area contributed by atoms with Crippen LogP contribution in [0.5, 0.6) is 0 Å². The second-order valence-corrected chi connectivity index (χ2v) is 2.82. The molecule has 0 saturated heterocycles. The molecule has 6 nitrogen and oxygen atoms in total. The minimum absolute atomic E-state index is 0.318. The van der Waals surface area contributed by atoms with Crippen LogP contribution in [0.1, 0.15) is 19.3 Å². The second-order valence-electron chi connectivity index (χ2n) is 2.82. The summed E-state index contributed by atoms with van der Waals surface area (Å²) in [6, 6.07) is 0. The van der Waals surface area contributed by atoms with E-state index in [4.69, 9.17) is 10.2 Å². The quantitative estimate of drug-likeness (QED) is 0.637. The van der Waals surface area contributed by atoms with Crippen molar-refractivity contribution in [1.82, 2.24) is 0 Å². The first-order chi connectivity index (χ1) is 6.08. The van der Waals surface area contributed by atoms with Gasteiger partial charge in [0.05, 0.1) is 0 Å². The molecule has 0 unspecified atom stereocenters. The van der Waals surface area contributed by atoms with E-state index in [0.29, 0.717) is 19.3 Å². The summed E-state index contributed by atoms with van der Waals surface area (Å²) in [4.78, 5) is 20.2. The first-order valence-electron chi connectivity index (χ1n) is 3.87. The van der Waals surface area contributed by atoms with Gasteiger partial charge in [-0.25, -0.2) is 9.59 Å². The molecule has 13 heavy (non-hydrogen) atoms. The van der Waals surface area contributed by atoms with E-state index >= 15 is 0 Å².